The Morgan fingerprint density at radius 3 is 2.18 bits per heavy atom. The molecule has 0 unspecified atom stereocenters. The van der Waals surface area contributed by atoms with Crippen LogP contribution in [-0.2, 0) is 6.18 Å². The molecule has 0 N–H and O–H groups in total. The fourth-order valence-corrected chi connectivity index (χ4v) is 1.54. The topological polar surface area (TPSA) is 26.0 Å². The summed E-state index contributed by atoms with van der Waals surface area (Å²) in [7, 11) is 0. The molecule has 90 valence electrons. The van der Waals surface area contributed by atoms with Crippen LogP contribution in [-0.4, -0.2) is 5.16 Å². The summed E-state index contributed by atoms with van der Waals surface area (Å²) in [6.07, 6.45) is -4.35. The van der Waals surface area contributed by atoms with Gasteiger partial charge in [-0.3, -0.25) is 0 Å². The van der Waals surface area contributed by atoms with Gasteiger partial charge in [0.15, 0.2) is 5.76 Å². The SMILES string of the molecule is Cc1onc(-c2ccc(C(F)(F)F)cc2)c1Cl. The number of hydrogen-bond acceptors (Lipinski definition) is 2. The summed E-state index contributed by atoms with van der Waals surface area (Å²) in [6, 6.07) is 4.59. The molecule has 0 aliphatic heterocycles. The van der Waals surface area contributed by atoms with Gasteiger partial charge in [0.1, 0.15) is 10.7 Å². The van der Waals surface area contributed by atoms with Gasteiger partial charge in [-0.15, -0.1) is 0 Å². The second-order valence-corrected chi connectivity index (χ2v) is 3.85. The fourth-order valence-electron chi connectivity index (χ4n) is 1.36. The number of aryl methyl sites for hydroxylation is 1. The Balaban J connectivity index is 2.40. The van der Waals surface area contributed by atoms with E-state index in [1.807, 2.05) is 0 Å². The zero-order valence-corrected chi connectivity index (χ0v) is 9.43. The summed E-state index contributed by atoms with van der Waals surface area (Å²) in [5, 5.41) is 4.00. The first kappa shape index (κ1) is 12.0. The maximum atomic E-state index is 12.3. The number of aromatic nitrogens is 1. The highest BCUT2D eigenvalue weighted by molar-refractivity contribution is 6.33. The predicted octanol–water partition coefficient (Wildman–Crippen LogP) is 4.32. The zero-order chi connectivity index (χ0) is 12.6. The van der Waals surface area contributed by atoms with Gasteiger partial charge in [-0.1, -0.05) is 28.9 Å². The first-order chi connectivity index (χ1) is 7.89. The molecule has 0 spiro atoms. The monoisotopic (exact) mass is 261 g/mol. The minimum atomic E-state index is -4.35. The van der Waals surface area contributed by atoms with E-state index in [1.165, 1.54) is 12.1 Å². The molecule has 1 heterocycles. The summed E-state index contributed by atoms with van der Waals surface area (Å²) < 4.78 is 41.9. The zero-order valence-electron chi connectivity index (χ0n) is 8.68. The van der Waals surface area contributed by atoms with Crippen LogP contribution in [0, 0.1) is 6.92 Å². The van der Waals surface area contributed by atoms with Crippen molar-refractivity contribution < 1.29 is 17.7 Å². The summed E-state index contributed by atoms with van der Waals surface area (Å²) in [5.74, 6) is 0.432. The molecule has 0 fully saturated rings. The van der Waals surface area contributed by atoms with Crippen LogP contribution in [0.25, 0.3) is 11.3 Å². The van der Waals surface area contributed by atoms with Crippen molar-refractivity contribution in [2.45, 2.75) is 13.1 Å². The number of nitrogens with zero attached hydrogens (tertiary/aromatic N) is 1. The van der Waals surface area contributed by atoms with Crippen LogP contribution < -0.4 is 0 Å². The number of halogens is 4. The van der Waals surface area contributed by atoms with Crippen molar-refractivity contribution in [1.29, 1.82) is 0 Å². The average Bonchev–Trinajstić information content (AvgIpc) is 2.59. The van der Waals surface area contributed by atoms with E-state index in [2.05, 4.69) is 5.16 Å². The third kappa shape index (κ3) is 2.29. The average molecular weight is 262 g/mol. The number of rotatable bonds is 1. The number of alkyl halides is 3. The lowest BCUT2D eigenvalue weighted by Gasteiger charge is -2.06. The lowest BCUT2D eigenvalue weighted by atomic mass is 10.1. The lowest BCUT2D eigenvalue weighted by Crippen LogP contribution is -2.03. The highest BCUT2D eigenvalue weighted by Crippen LogP contribution is 2.33. The Morgan fingerprint density at radius 2 is 1.76 bits per heavy atom. The van der Waals surface area contributed by atoms with Crippen molar-refractivity contribution in [3.8, 4) is 11.3 Å². The third-order valence-electron chi connectivity index (χ3n) is 2.28. The van der Waals surface area contributed by atoms with Crippen LogP contribution >= 0.6 is 11.6 Å². The summed E-state index contributed by atoms with van der Waals surface area (Å²) in [5.41, 5.74) is 0.121. The second kappa shape index (κ2) is 4.07. The molecule has 0 radical (unpaired) electrons. The first-order valence-corrected chi connectivity index (χ1v) is 5.07. The quantitative estimate of drug-likeness (QED) is 0.764. The molecule has 2 aromatic rings. The van der Waals surface area contributed by atoms with E-state index in [-0.39, 0.29) is 0 Å². The van der Waals surface area contributed by atoms with E-state index in [0.717, 1.165) is 12.1 Å². The fraction of sp³-hybridized carbons (Fsp3) is 0.182. The molecule has 6 heteroatoms. The molecule has 0 bridgehead atoms. The highest BCUT2D eigenvalue weighted by Gasteiger charge is 2.30. The van der Waals surface area contributed by atoms with E-state index in [0.29, 0.717) is 22.0 Å². The van der Waals surface area contributed by atoms with Crippen molar-refractivity contribution >= 4 is 11.6 Å². The predicted molar refractivity (Wildman–Crippen MR) is 56.7 cm³/mol. The van der Waals surface area contributed by atoms with Crippen LogP contribution in [0.2, 0.25) is 5.02 Å². The molecule has 0 saturated carbocycles. The smallest absolute Gasteiger partial charge is 0.359 e. The summed E-state index contributed by atoms with van der Waals surface area (Å²) >= 11 is 5.89. The molecule has 1 aromatic heterocycles. The lowest BCUT2D eigenvalue weighted by molar-refractivity contribution is -0.137. The highest BCUT2D eigenvalue weighted by atomic mass is 35.5. The van der Waals surface area contributed by atoms with Gasteiger partial charge in [0.05, 0.1) is 5.56 Å². The molecule has 0 saturated heterocycles. The van der Waals surface area contributed by atoms with Gasteiger partial charge in [-0.05, 0) is 19.1 Å². The molecule has 0 atom stereocenters. The van der Waals surface area contributed by atoms with Crippen LogP contribution in [0.1, 0.15) is 11.3 Å². The molecule has 2 rings (SSSR count). The van der Waals surface area contributed by atoms with Crippen LogP contribution in [0.3, 0.4) is 0 Å². The van der Waals surface area contributed by atoms with E-state index < -0.39 is 11.7 Å². The Morgan fingerprint density at radius 1 is 1.18 bits per heavy atom. The second-order valence-electron chi connectivity index (χ2n) is 3.48. The Bertz CT molecular complexity index is 531. The normalized spacial score (nSPS) is 11.8. The Hall–Kier alpha value is -1.49. The summed E-state index contributed by atoms with van der Waals surface area (Å²) in [4.78, 5) is 0. The van der Waals surface area contributed by atoms with Gasteiger partial charge in [-0.25, -0.2) is 0 Å². The van der Waals surface area contributed by atoms with Gasteiger partial charge < -0.3 is 4.52 Å². The molecule has 2 nitrogen and oxygen atoms in total. The maximum Gasteiger partial charge on any atom is 0.416 e. The first-order valence-electron chi connectivity index (χ1n) is 4.69. The molecule has 0 aliphatic carbocycles. The van der Waals surface area contributed by atoms with Gasteiger partial charge in [0.2, 0.25) is 0 Å². The molecule has 0 amide bonds. The van der Waals surface area contributed by atoms with Gasteiger partial charge in [0.25, 0.3) is 0 Å². The standard InChI is InChI=1S/C11H7ClF3NO/c1-6-9(12)10(16-17-6)7-2-4-8(5-3-7)11(13,14)15/h2-5H,1H3. The van der Waals surface area contributed by atoms with Crippen LogP contribution in [0.15, 0.2) is 28.8 Å². The van der Waals surface area contributed by atoms with Gasteiger partial charge in [-0.2, -0.15) is 13.2 Å². The number of hydrogen-bond donors (Lipinski definition) is 0. The molecular formula is C11H7ClF3NO. The van der Waals surface area contributed by atoms with Crippen LogP contribution in [0.5, 0.6) is 0 Å². The van der Waals surface area contributed by atoms with Crippen molar-refractivity contribution in [2.24, 2.45) is 0 Å². The van der Waals surface area contributed by atoms with Crippen molar-refractivity contribution in [1.82, 2.24) is 5.16 Å². The van der Waals surface area contributed by atoms with E-state index in [4.69, 9.17) is 16.1 Å². The molecule has 17 heavy (non-hydrogen) atoms. The maximum absolute atomic E-state index is 12.3. The van der Waals surface area contributed by atoms with Gasteiger partial charge >= 0.3 is 6.18 Å². The van der Waals surface area contributed by atoms with E-state index in [9.17, 15) is 13.2 Å². The number of benzene rings is 1. The van der Waals surface area contributed by atoms with E-state index >= 15 is 0 Å². The minimum Gasteiger partial charge on any atom is -0.359 e. The minimum absolute atomic E-state index is 0.310. The largest absolute Gasteiger partial charge is 0.416 e. The van der Waals surface area contributed by atoms with Crippen molar-refractivity contribution in [2.75, 3.05) is 0 Å². The van der Waals surface area contributed by atoms with Crippen molar-refractivity contribution in [3.05, 3.63) is 40.6 Å². The summed E-state index contributed by atoms with van der Waals surface area (Å²) in [6.45, 7) is 1.63. The Labute approximate surface area is 100.0 Å². The van der Waals surface area contributed by atoms with Gasteiger partial charge in [0, 0.05) is 5.56 Å². The Kier molecular flexibility index (Phi) is 2.87. The molecular weight excluding hydrogens is 255 g/mol. The van der Waals surface area contributed by atoms with Crippen molar-refractivity contribution in [3.63, 3.8) is 0 Å². The van der Waals surface area contributed by atoms with Crippen LogP contribution in [0.4, 0.5) is 13.2 Å². The molecule has 1 aromatic carbocycles. The molecule has 0 aliphatic rings. The van der Waals surface area contributed by atoms with E-state index in [1.54, 1.807) is 6.92 Å². The third-order valence-corrected chi connectivity index (χ3v) is 2.72.